The number of rotatable bonds is 5. The summed E-state index contributed by atoms with van der Waals surface area (Å²) in [7, 11) is 3.41. The molecule has 0 aromatic heterocycles. The monoisotopic (exact) mass is 348 g/mol. The molecule has 3 rings (SSSR count). The molecule has 0 unspecified atom stereocenters. The van der Waals surface area contributed by atoms with Gasteiger partial charge in [-0.1, -0.05) is 12.1 Å². The van der Waals surface area contributed by atoms with Crippen LogP contribution in [-0.4, -0.2) is 68.4 Å². The van der Waals surface area contributed by atoms with E-state index in [9.17, 15) is 0 Å². The maximum Gasteiger partial charge on any atom is 0.165 e. The number of benzene rings is 1. The summed E-state index contributed by atoms with van der Waals surface area (Å²) >= 11 is 0. The van der Waals surface area contributed by atoms with Gasteiger partial charge in [-0.2, -0.15) is 0 Å². The Morgan fingerprint density at radius 3 is 2.32 bits per heavy atom. The molecule has 0 spiro atoms. The molecular formula is C20H32N2O3. The van der Waals surface area contributed by atoms with Gasteiger partial charge >= 0.3 is 0 Å². The van der Waals surface area contributed by atoms with Gasteiger partial charge in [-0.25, -0.2) is 0 Å². The van der Waals surface area contributed by atoms with E-state index < -0.39 is 0 Å². The molecule has 0 N–H and O–H groups in total. The van der Waals surface area contributed by atoms with Gasteiger partial charge in [0.25, 0.3) is 0 Å². The summed E-state index contributed by atoms with van der Waals surface area (Å²) in [6.45, 7) is 9.69. The Bertz CT molecular complexity index is 548. The second kappa shape index (κ2) is 8.39. The number of likely N-dealkylation sites (tertiary alicyclic amines) is 1. The lowest BCUT2D eigenvalue weighted by Gasteiger charge is -2.43. The number of para-hydroxylation sites is 1. The van der Waals surface area contributed by atoms with E-state index in [-0.39, 0.29) is 0 Å². The minimum Gasteiger partial charge on any atom is -0.493 e. The highest BCUT2D eigenvalue weighted by Crippen LogP contribution is 2.32. The maximum absolute atomic E-state index is 5.88. The maximum atomic E-state index is 5.88. The molecule has 0 aliphatic carbocycles. The van der Waals surface area contributed by atoms with Crippen molar-refractivity contribution in [2.24, 2.45) is 0 Å². The van der Waals surface area contributed by atoms with Crippen LogP contribution >= 0.6 is 0 Å². The number of hydrogen-bond acceptors (Lipinski definition) is 5. The Morgan fingerprint density at radius 1 is 1.04 bits per heavy atom. The van der Waals surface area contributed by atoms with E-state index in [1.165, 1.54) is 18.4 Å². The Hall–Kier alpha value is -1.30. The second-order valence-corrected chi connectivity index (χ2v) is 7.37. The van der Waals surface area contributed by atoms with Crippen molar-refractivity contribution in [2.75, 3.05) is 40.4 Å². The van der Waals surface area contributed by atoms with Gasteiger partial charge in [-0.15, -0.1) is 0 Å². The van der Waals surface area contributed by atoms with Crippen molar-refractivity contribution < 1.29 is 14.2 Å². The highest BCUT2D eigenvalue weighted by atomic mass is 16.5. The molecule has 0 saturated carbocycles. The zero-order valence-corrected chi connectivity index (χ0v) is 16.0. The van der Waals surface area contributed by atoms with Gasteiger partial charge in [0.2, 0.25) is 0 Å². The molecule has 0 amide bonds. The number of morpholine rings is 1. The summed E-state index contributed by atoms with van der Waals surface area (Å²) in [5.41, 5.74) is 1.20. The SMILES string of the molecule is COc1cccc(CN2CCC(N3C[C@@H](C)O[C@H](C)C3)CC2)c1OC. The lowest BCUT2D eigenvalue weighted by molar-refractivity contribution is -0.0865. The number of methoxy groups -OCH3 is 2. The van der Waals surface area contributed by atoms with Gasteiger partial charge in [0.05, 0.1) is 26.4 Å². The molecule has 0 bridgehead atoms. The highest BCUT2D eigenvalue weighted by Gasteiger charge is 2.30. The van der Waals surface area contributed by atoms with Gasteiger partial charge < -0.3 is 14.2 Å². The standard InChI is InChI=1S/C20H32N2O3/c1-15-12-22(13-16(2)25-15)18-8-10-21(11-9-18)14-17-6-5-7-19(23-3)20(17)24-4/h5-7,15-16,18H,8-14H2,1-4H3/t15-,16-/m1/s1. The van der Waals surface area contributed by atoms with Crippen LogP contribution in [0.15, 0.2) is 18.2 Å². The Labute approximate surface area is 151 Å². The zero-order valence-electron chi connectivity index (χ0n) is 16.0. The quantitative estimate of drug-likeness (QED) is 0.817. The van der Waals surface area contributed by atoms with Crippen LogP contribution in [0.4, 0.5) is 0 Å². The number of piperidine rings is 1. The molecule has 25 heavy (non-hydrogen) atoms. The van der Waals surface area contributed by atoms with E-state index >= 15 is 0 Å². The average Bonchev–Trinajstić information content (AvgIpc) is 2.61. The minimum atomic E-state index is 0.350. The van der Waals surface area contributed by atoms with E-state index in [1.54, 1.807) is 14.2 Å². The number of ether oxygens (including phenoxy) is 3. The molecule has 2 fully saturated rings. The van der Waals surface area contributed by atoms with Gasteiger partial charge in [0.1, 0.15) is 0 Å². The summed E-state index contributed by atoms with van der Waals surface area (Å²) in [6, 6.07) is 6.82. The summed E-state index contributed by atoms with van der Waals surface area (Å²) in [6.07, 6.45) is 3.16. The first-order valence-corrected chi connectivity index (χ1v) is 9.42. The molecule has 1 aromatic carbocycles. The average molecular weight is 348 g/mol. The van der Waals surface area contributed by atoms with Crippen LogP contribution in [0.5, 0.6) is 11.5 Å². The van der Waals surface area contributed by atoms with Crippen molar-refractivity contribution in [2.45, 2.75) is 51.5 Å². The molecule has 2 saturated heterocycles. The molecule has 2 aliphatic rings. The van der Waals surface area contributed by atoms with Crippen LogP contribution in [0, 0.1) is 0 Å². The molecule has 140 valence electrons. The molecule has 2 aliphatic heterocycles. The smallest absolute Gasteiger partial charge is 0.165 e. The predicted octanol–water partition coefficient (Wildman–Crippen LogP) is 2.78. The van der Waals surface area contributed by atoms with Crippen LogP contribution < -0.4 is 9.47 Å². The van der Waals surface area contributed by atoms with Crippen molar-refractivity contribution in [1.29, 1.82) is 0 Å². The third-order valence-corrected chi connectivity index (χ3v) is 5.40. The molecule has 1 aromatic rings. The highest BCUT2D eigenvalue weighted by molar-refractivity contribution is 5.46. The van der Waals surface area contributed by atoms with Crippen LogP contribution in [0.25, 0.3) is 0 Å². The van der Waals surface area contributed by atoms with E-state index in [0.29, 0.717) is 18.2 Å². The van der Waals surface area contributed by atoms with Crippen molar-refractivity contribution in [3.05, 3.63) is 23.8 Å². The molecule has 2 heterocycles. The largest absolute Gasteiger partial charge is 0.493 e. The second-order valence-electron chi connectivity index (χ2n) is 7.37. The van der Waals surface area contributed by atoms with Crippen molar-refractivity contribution in [3.63, 3.8) is 0 Å². The van der Waals surface area contributed by atoms with Gasteiger partial charge in [-0.05, 0) is 45.8 Å². The van der Waals surface area contributed by atoms with Crippen LogP contribution in [0.2, 0.25) is 0 Å². The Kier molecular flexibility index (Phi) is 6.20. The van der Waals surface area contributed by atoms with Crippen molar-refractivity contribution in [3.8, 4) is 11.5 Å². The van der Waals surface area contributed by atoms with E-state index in [2.05, 4.69) is 29.7 Å². The predicted molar refractivity (Wildman–Crippen MR) is 99.4 cm³/mol. The van der Waals surface area contributed by atoms with Gasteiger partial charge in [-0.3, -0.25) is 9.80 Å². The summed E-state index contributed by atoms with van der Waals surface area (Å²) in [4.78, 5) is 5.17. The fourth-order valence-corrected chi connectivity index (χ4v) is 4.28. The molecule has 2 atom stereocenters. The summed E-state index contributed by atoms with van der Waals surface area (Å²) < 4.78 is 16.9. The topological polar surface area (TPSA) is 34.2 Å². The van der Waals surface area contributed by atoms with Gasteiger partial charge in [0.15, 0.2) is 11.5 Å². The molecule has 5 heteroatoms. The van der Waals surface area contributed by atoms with Crippen LogP contribution in [0.1, 0.15) is 32.3 Å². The first-order valence-electron chi connectivity index (χ1n) is 9.42. The van der Waals surface area contributed by atoms with Crippen molar-refractivity contribution in [1.82, 2.24) is 9.80 Å². The summed E-state index contributed by atoms with van der Waals surface area (Å²) in [5, 5.41) is 0. The number of nitrogens with zero attached hydrogens (tertiary/aromatic N) is 2. The van der Waals surface area contributed by atoms with Crippen LogP contribution in [0.3, 0.4) is 0 Å². The fraction of sp³-hybridized carbons (Fsp3) is 0.700. The molecular weight excluding hydrogens is 316 g/mol. The van der Waals surface area contributed by atoms with E-state index in [0.717, 1.165) is 44.2 Å². The Morgan fingerprint density at radius 2 is 1.72 bits per heavy atom. The third kappa shape index (κ3) is 4.46. The third-order valence-electron chi connectivity index (χ3n) is 5.40. The fourth-order valence-electron chi connectivity index (χ4n) is 4.28. The first-order chi connectivity index (χ1) is 12.1. The lowest BCUT2D eigenvalue weighted by atomic mass is 10.0. The first kappa shape index (κ1) is 18.5. The Balaban J connectivity index is 1.56. The normalized spacial score (nSPS) is 26.6. The zero-order chi connectivity index (χ0) is 17.8. The minimum absolute atomic E-state index is 0.350. The van der Waals surface area contributed by atoms with Gasteiger partial charge in [0, 0.05) is 31.2 Å². The molecule has 0 radical (unpaired) electrons. The van der Waals surface area contributed by atoms with E-state index in [4.69, 9.17) is 14.2 Å². The number of hydrogen-bond donors (Lipinski definition) is 0. The van der Waals surface area contributed by atoms with Crippen LogP contribution in [-0.2, 0) is 11.3 Å². The molecule has 5 nitrogen and oxygen atoms in total. The summed E-state index contributed by atoms with van der Waals surface area (Å²) in [5.74, 6) is 1.68. The van der Waals surface area contributed by atoms with E-state index in [1.807, 2.05) is 12.1 Å². The van der Waals surface area contributed by atoms with Crippen molar-refractivity contribution >= 4 is 0 Å². The lowest BCUT2D eigenvalue weighted by Crippen LogP contribution is -2.53.